The van der Waals surface area contributed by atoms with Crippen LogP contribution in [0.2, 0.25) is 0 Å². The predicted molar refractivity (Wildman–Crippen MR) is 119 cm³/mol. The highest BCUT2D eigenvalue weighted by Crippen LogP contribution is 2.40. The van der Waals surface area contributed by atoms with Crippen molar-refractivity contribution in [2.24, 2.45) is 11.8 Å². The Morgan fingerprint density at radius 1 is 1.21 bits per heavy atom. The van der Waals surface area contributed by atoms with Crippen molar-refractivity contribution >= 4 is 17.6 Å². The lowest BCUT2D eigenvalue weighted by Gasteiger charge is -2.35. The van der Waals surface area contributed by atoms with Gasteiger partial charge in [0.05, 0.1) is 19.6 Å². The minimum Gasteiger partial charge on any atom is -0.469 e. The number of ether oxygens (including phenoxy) is 2. The average Bonchev–Trinajstić information content (AvgIpc) is 3.46. The van der Waals surface area contributed by atoms with E-state index in [0.717, 1.165) is 11.3 Å². The molecule has 182 valence electrons. The van der Waals surface area contributed by atoms with E-state index in [1.165, 1.54) is 19.2 Å². The second kappa shape index (κ2) is 9.93. The van der Waals surface area contributed by atoms with E-state index in [0.29, 0.717) is 52.2 Å². The van der Waals surface area contributed by atoms with E-state index in [-0.39, 0.29) is 42.5 Å². The number of carbonyl (C=O) groups is 2. The summed E-state index contributed by atoms with van der Waals surface area (Å²) in [6.07, 6.45) is 1.45. The molecule has 7 nitrogen and oxygen atoms in total. The van der Waals surface area contributed by atoms with Crippen LogP contribution in [0.4, 0.5) is 14.5 Å². The summed E-state index contributed by atoms with van der Waals surface area (Å²) in [7, 11) is 3.01. The number of nitrogens with one attached hydrogen (secondary N) is 1. The number of hydrogen-bond donors (Lipinski definition) is 1. The summed E-state index contributed by atoms with van der Waals surface area (Å²) in [5.74, 6) is -1.28. The van der Waals surface area contributed by atoms with Crippen molar-refractivity contribution in [3.63, 3.8) is 0 Å². The summed E-state index contributed by atoms with van der Waals surface area (Å²) < 4.78 is 39.8. The van der Waals surface area contributed by atoms with Gasteiger partial charge in [0.25, 0.3) is 5.91 Å². The number of nitrogens with zero attached hydrogens (tertiary/aromatic N) is 2. The highest BCUT2D eigenvalue weighted by molar-refractivity contribution is 5.86. The molecule has 0 unspecified atom stereocenters. The molecule has 0 saturated carbocycles. The lowest BCUT2D eigenvalue weighted by Crippen LogP contribution is -2.46. The Labute approximate surface area is 193 Å². The molecule has 4 rings (SSSR count). The first-order valence-electron chi connectivity index (χ1n) is 11.7. The van der Waals surface area contributed by atoms with Gasteiger partial charge in [-0.25, -0.2) is 8.78 Å². The summed E-state index contributed by atoms with van der Waals surface area (Å²) in [6, 6.07) is 4.74. The third-order valence-electron chi connectivity index (χ3n) is 7.36. The van der Waals surface area contributed by atoms with Gasteiger partial charge in [-0.1, -0.05) is 6.07 Å². The van der Waals surface area contributed by atoms with E-state index in [1.807, 2.05) is 0 Å². The summed E-state index contributed by atoms with van der Waals surface area (Å²) in [5, 5.41) is 2.94. The molecule has 3 aliphatic heterocycles. The van der Waals surface area contributed by atoms with Gasteiger partial charge in [-0.15, -0.1) is 0 Å². The van der Waals surface area contributed by atoms with Crippen molar-refractivity contribution < 1.29 is 27.8 Å². The number of piperidine rings is 1. The lowest BCUT2D eigenvalue weighted by atomic mass is 9.87. The first kappa shape index (κ1) is 23.9. The molecule has 0 aromatic heterocycles. The van der Waals surface area contributed by atoms with Gasteiger partial charge in [0.1, 0.15) is 5.82 Å². The molecule has 0 aliphatic carbocycles. The first-order chi connectivity index (χ1) is 15.9. The monoisotopic (exact) mass is 465 g/mol. The molecule has 3 atom stereocenters. The summed E-state index contributed by atoms with van der Waals surface area (Å²) in [6.45, 7) is 2.95. The standard InChI is InChI=1S/C24H33F2N3O4/c1-32-14-17-12-29(23(31)24(26)7-8-27-15-24)13-20(17)19-4-3-18(25)11-21(19)28-9-5-16(6-10-28)22(30)33-2/h3-4,11,16-17,20,27H,5-10,12-15H2,1-2H3/t17-,20+,24-/m1/s1. The van der Waals surface area contributed by atoms with Crippen molar-refractivity contribution in [3.05, 3.63) is 29.6 Å². The van der Waals surface area contributed by atoms with Gasteiger partial charge in [-0.2, -0.15) is 0 Å². The summed E-state index contributed by atoms with van der Waals surface area (Å²) >= 11 is 0. The number of rotatable bonds is 6. The molecule has 3 aliphatic rings. The number of amides is 1. The lowest BCUT2D eigenvalue weighted by molar-refractivity contribution is -0.146. The fourth-order valence-corrected chi connectivity index (χ4v) is 5.53. The number of likely N-dealkylation sites (tertiary alicyclic amines) is 1. The minimum absolute atomic E-state index is 0.0197. The van der Waals surface area contributed by atoms with Crippen LogP contribution in [0.5, 0.6) is 0 Å². The number of anilines is 1. The van der Waals surface area contributed by atoms with Crippen molar-refractivity contribution in [3.8, 4) is 0 Å². The number of halogens is 2. The van der Waals surface area contributed by atoms with Gasteiger partial charge in [0.15, 0.2) is 0 Å². The molecule has 9 heteroatoms. The number of methoxy groups -OCH3 is 2. The van der Waals surface area contributed by atoms with Gasteiger partial charge in [0.2, 0.25) is 5.67 Å². The number of esters is 1. The molecule has 3 saturated heterocycles. The fraction of sp³-hybridized carbons (Fsp3) is 0.667. The Bertz CT molecular complexity index is 869. The Morgan fingerprint density at radius 2 is 1.97 bits per heavy atom. The zero-order chi connectivity index (χ0) is 23.6. The third-order valence-corrected chi connectivity index (χ3v) is 7.36. The Kier molecular flexibility index (Phi) is 7.19. The molecule has 3 fully saturated rings. The smallest absolute Gasteiger partial charge is 0.308 e. The molecule has 1 N–H and O–H groups in total. The molecule has 1 aromatic rings. The van der Waals surface area contributed by atoms with Crippen molar-refractivity contribution in [2.75, 3.05) is 65.0 Å². The van der Waals surface area contributed by atoms with Crippen LogP contribution < -0.4 is 10.2 Å². The van der Waals surface area contributed by atoms with Crippen LogP contribution >= 0.6 is 0 Å². The van der Waals surface area contributed by atoms with E-state index < -0.39 is 11.6 Å². The molecule has 33 heavy (non-hydrogen) atoms. The van der Waals surface area contributed by atoms with E-state index in [1.54, 1.807) is 18.1 Å². The topological polar surface area (TPSA) is 71.1 Å². The third kappa shape index (κ3) is 4.84. The van der Waals surface area contributed by atoms with Crippen molar-refractivity contribution in [1.82, 2.24) is 10.2 Å². The van der Waals surface area contributed by atoms with Crippen LogP contribution in [0.15, 0.2) is 18.2 Å². The van der Waals surface area contributed by atoms with Crippen LogP contribution in [-0.2, 0) is 19.1 Å². The van der Waals surface area contributed by atoms with Gasteiger partial charge in [-0.3, -0.25) is 9.59 Å². The maximum atomic E-state index is 15.2. The van der Waals surface area contributed by atoms with Crippen molar-refractivity contribution in [1.29, 1.82) is 0 Å². The quantitative estimate of drug-likeness (QED) is 0.649. The van der Waals surface area contributed by atoms with E-state index in [2.05, 4.69) is 10.2 Å². The highest BCUT2D eigenvalue weighted by Gasteiger charge is 2.48. The minimum atomic E-state index is -1.87. The van der Waals surface area contributed by atoms with Crippen molar-refractivity contribution in [2.45, 2.75) is 30.8 Å². The fourth-order valence-electron chi connectivity index (χ4n) is 5.53. The average molecular weight is 466 g/mol. The summed E-state index contributed by atoms with van der Waals surface area (Å²) in [5.41, 5.74) is -0.160. The van der Waals surface area contributed by atoms with E-state index in [9.17, 15) is 14.0 Å². The van der Waals surface area contributed by atoms with Gasteiger partial charge >= 0.3 is 5.97 Å². The maximum absolute atomic E-state index is 15.2. The molecule has 1 amide bonds. The second-order valence-electron chi connectivity index (χ2n) is 9.41. The molecule has 0 bridgehead atoms. The molecular weight excluding hydrogens is 432 g/mol. The van der Waals surface area contributed by atoms with Crippen LogP contribution in [0.25, 0.3) is 0 Å². The van der Waals surface area contributed by atoms with Crippen LogP contribution in [-0.4, -0.2) is 82.5 Å². The van der Waals surface area contributed by atoms with E-state index >= 15 is 4.39 Å². The van der Waals surface area contributed by atoms with Crippen LogP contribution in [0.1, 0.15) is 30.7 Å². The highest BCUT2D eigenvalue weighted by atomic mass is 19.1. The van der Waals surface area contributed by atoms with Crippen LogP contribution in [0, 0.1) is 17.7 Å². The Morgan fingerprint density at radius 3 is 2.61 bits per heavy atom. The molecule has 3 heterocycles. The normalized spacial score (nSPS) is 28.4. The maximum Gasteiger partial charge on any atom is 0.308 e. The number of benzene rings is 1. The second-order valence-corrected chi connectivity index (χ2v) is 9.41. The number of carbonyl (C=O) groups excluding carboxylic acids is 2. The molecule has 1 aromatic carbocycles. The zero-order valence-corrected chi connectivity index (χ0v) is 19.3. The SMILES string of the molecule is COC[C@H]1CN(C(=O)[C@@]2(F)CCNC2)C[C@@H]1c1ccc(F)cc1N1CCC(C(=O)OC)CC1. The van der Waals surface area contributed by atoms with Gasteiger partial charge in [-0.05, 0) is 37.1 Å². The Balaban J connectivity index is 1.57. The Hall–Kier alpha value is -2.26. The zero-order valence-electron chi connectivity index (χ0n) is 19.3. The number of alkyl halides is 1. The van der Waals surface area contributed by atoms with E-state index in [4.69, 9.17) is 9.47 Å². The number of hydrogen-bond acceptors (Lipinski definition) is 6. The summed E-state index contributed by atoms with van der Waals surface area (Å²) in [4.78, 5) is 28.6. The molecule has 0 radical (unpaired) electrons. The predicted octanol–water partition coefficient (Wildman–Crippen LogP) is 2.11. The first-order valence-corrected chi connectivity index (χ1v) is 11.7. The van der Waals surface area contributed by atoms with Crippen LogP contribution in [0.3, 0.4) is 0 Å². The van der Waals surface area contributed by atoms with Gasteiger partial charge in [0, 0.05) is 63.8 Å². The largest absolute Gasteiger partial charge is 0.469 e. The van der Waals surface area contributed by atoms with Gasteiger partial charge < -0.3 is 24.6 Å². The molecule has 0 spiro atoms. The molecular formula is C24H33F2N3O4.